The molecule has 0 aliphatic carbocycles. The first-order chi connectivity index (χ1) is 15.9. The Balaban J connectivity index is 1.66. The monoisotopic (exact) mass is 453 g/mol. The van der Waals surface area contributed by atoms with E-state index in [0.29, 0.717) is 19.6 Å². The van der Waals surface area contributed by atoms with Crippen molar-refractivity contribution in [3.05, 3.63) is 108 Å². The fourth-order valence-corrected chi connectivity index (χ4v) is 5.16. The fraction of sp³-hybridized carbons (Fsp3) is 0.357. The maximum absolute atomic E-state index is 13.6. The number of nitrogens with zero attached hydrogens (tertiary/aromatic N) is 1. The number of rotatable bonds is 7. The molecular weight excluding hydrogens is 423 g/mol. The Morgan fingerprint density at radius 1 is 0.697 bits per heavy atom. The highest BCUT2D eigenvalue weighted by atomic mass is 19.4. The van der Waals surface area contributed by atoms with Crippen molar-refractivity contribution in [1.29, 1.82) is 0 Å². The third-order valence-electron chi connectivity index (χ3n) is 7.32. The number of halogens is 3. The lowest BCUT2D eigenvalue weighted by Gasteiger charge is -2.43. The Labute approximate surface area is 193 Å². The van der Waals surface area contributed by atoms with Gasteiger partial charge < -0.3 is 10.0 Å². The van der Waals surface area contributed by atoms with Gasteiger partial charge >= 0.3 is 6.18 Å². The SMILES string of the molecule is OCC1(C(F)(F)F)CCN(CCC(c2ccccc2)(c2ccccc2)c2ccccc2)CC1. The number of hydrogen-bond donors (Lipinski definition) is 1. The van der Waals surface area contributed by atoms with Crippen LogP contribution in [0.2, 0.25) is 0 Å². The van der Waals surface area contributed by atoms with Crippen molar-refractivity contribution in [1.82, 2.24) is 4.90 Å². The number of likely N-dealkylation sites (tertiary alicyclic amines) is 1. The van der Waals surface area contributed by atoms with E-state index >= 15 is 0 Å². The minimum absolute atomic E-state index is 0.0674. The molecule has 1 fully saturated rings. The normalized spacial score (nSPS) is 17.1. The van der Waals surface area contributed by atoms with Crippen LogP contribution in [-0.2, 0) is 5.41 Å². The van der Waals surface area contributed by atoms with Crippen LogP contribution in [0.5, 0.6) is 0 Å². The highest BCUT2D eigenvalue weighted by Crippen LogP contribution is 2.47. The van der Waals surface area contributed by atoms with Crippen LogP contribution in [0.3, 0.4) is 0 Å². The van der Waals surface area contributed by atoms with Gasteiger partial charge in [0.15, 0.2) is 0 Å². The van der Waals surface area contributed by atoms with Crippen molar-refractivity contribution in [2.45, 2.75) is 30.9 Å². The van der Waals surface area contributed by atoms with E-state index in [9.17, 15) is 18.3 Å². The third kappa shape index (κ3) is 4.57. The second-order valence-corrected chi connectivity index (χ2v) is 9.03. The highest BCUT2D eigenvalue weighted by Gasteiger charge is 2.55. The molecule has 3 aromatic rings. The number of alkyl halides is 3. The van der Waals surface area contributed by atoms with Crippen LogP contribution in [0.15, 0.2) is 91.0 Å². The van der Waals surface area contributed by atoms with E-state index in [1.54, 1.807) is 0 Å². The Morgan fingerprint density at radius 3 is 1.42 bits per heavy atom. The van der Waals surface area contributed by atoms with Gasteiger partial charge in [0.1, 0.15) is 0 Å². The molecule has 0 saturated carbocycles. The quantitative estimate of drug-likeness (QED) is 0.441. The molecule has 33 heavy (non-hydrogen) atoms. The van der Waals surface area contributed by atoms with E-state index in [1.807, 2.05) is 54.6 Å². The molecule has 0 radical (unpaired) electrons. The zero-order valence-corrected chi connectivity index (χ0v) is 18.6. The molecule has 4 rings (SSSR count). The summed E-state index contributed by atoms with van der Waals surface area (Å²) in [6.45, 7) is 0.480. The lowest BCUT2D eigenvalue weighted by molar-refractivity contribution is -0.249. The first kappa shape index (κ1) is 23.5. The van der Waals surface area contributed by atoms with Crippen LogP contribution in [0.4, 0.5) is 13.2 Å². The fourth-order valence-electron chi connectivity index (χ4n) is 5.16. The van der Waals surface area contributed by atoms with Crippen molar-refractivity contribution in [2.24, 2.45) is 5.41 Å². The van der Waals surface area contributed by atoms with Gasteiger partial charge in [-0.25, -0.2) is 0 Å². The second-order valence-electron chi connectivity index (χ2n) is 9.03. The number of aliphatic hydroxyl groups is 1. The molecule has 0 spiro atoms. The van der Waals surface area contributed by atoms with Gasteiger partial charge in [0, 0.05) is 5.41 Å². The zero-order chi connectivity index (χ0) is 23.4. The van der Waals surface area contributed by atoms with Gasteiger partial charge in [-0.3, -0.25) is 0 Å². The molecule has 3 aromatic carbocycles. The van der Waals surface area contributed by atoms with Gasteiger partial charge in [0.25, 0.3) is 0 Å². The summed E-state index contributed by atoms with van der Waals surface area (Å²) in [5.41, 5.74) is 1.11. The van der Waals surface area contributed by atoms with Gasteiger partial charge in [-0.05, 0) is 55.6 Å². The minimum Gasteiger partial charge on any atom is -0.395 e. The maximum atomic E-state index is 13.6. The summed E-state index contributed by atoms with van der Waals surface area (Å²) in [5, 5.41) is 9.53. The van der Waals surface area contributed by atoms with Gasteiger partial charge in [-0.2, -0.15) is 13.2 Å². The molecule has 1 heterocycles. The molecule has 1 aliphatic rings. The van der Waals surface area contributed by atoms with Crippen LogP contribution in [0, 0.1) is 5.41 Å². The van der Waals surface area contributed by atoms with Crippen LogP contribution in [0.1, 0.15) is 36.0 Å². The van der Waals surface area contributed by atoms with Gasteiger partial charge in [-0.1, -0.05) is 91.0 Å². The molecule has 174 valence electrons. The molecule has 1 N–H and O–H groups in total. The standard InChI is InChI=1S/C28H30F3NO/c29-28(30,31)26(22-33)16-19-32(20-17-26)21-18-27(23-10-4-1-5-11-23,24-12-6-2-7-13-24)25-14-8-3-9-15-25/h1-15,33H,16-22H2. The second kappa shape index (κ2) is 9.70. The lowest BCUT2D eigenvalue weighted by Crippen LogP contribution is -2.50. The Kier molecular flexibility index (Phi) is 6.91. The predicted molar refractivity (Wildman–Crippen MR) is 125 cm³/mol. The third-order valence-corrected chi connectivity index (χ3v) is 7.32. The van der Waals surface area contributed by atoms with Crippen molar-refractivity contribution in [3.63, 3.8) is 0 Å². The number of aliphatic hydroxyl groups excluding tert-OH is 1. The molecule has 5 heteroatoms. The van der Waals surface area contributed by atoms with E-state index in [4.69, 9.17) is 0 Å². The summed E-state index contributed by atoms with van der Waals surface area (Å²) in [6, 6.07) is 31.0. The molecule has 0 amide bonds. The van der Waals surface area contributed by atoms with Crippen LogP contribution in [0.25, 0.3) is 0 Å². The molecule has 1 aliphatic heterocycles. The Bertz CT molecular complexity index is 901. The smallest absolute Gasteiger partial charge is 0.395 e. The average molecular weight is 454 g/mol. The molecule has 0 atom stereocenters. The number of piperidine rings is 1. The molecule has 0 aromatic heterocycles. The van der Waals surface area contributed by atoms with Crippen LogP contribution in [-0.4, -0.2) is 42.4 Å². The Morgan fingerprint density at radius 2 is 1.09 bits per heavy atom. The first-order valence-corrected chi connectivity index (χ1v) is 11.5. The average Bonchev–Trinajstić information content (AvgIpc) is 2.86. The molecule has 2 nitrogen and oxygen atoms in total. The molecule has 0 bridgehead atoms. The van der Waals surface area contributed by atoms with Crippen molar-refractivity contribution < 1.29 is 18.3 Å². The van der Waals surface area contributed by atoms with Crippen LogP contribution >= 0.6 is 0 Å². The first-order valence-electron chi connectivity index (χ1n) is 11.5. The summed E-state index contributed by atoms with van der Waals surface area (Å²) >= 11 is 0. The summed E-state index contributed by atoms with van der Waals surface area (Å²) in [5.74, 6) is 0. The van der Waals surface area contributed by atoms with E-state index < -0.39 is 23.6 Å². The molecule has 0 unspecified atom stereocenters. The van der Waals surface area contributed by atoms with Crippen molar-refractivity contribution in [2.75, 3.05) is 26.2 Å². The van der Waals surface area contributed by atoms with Crippen molar-refractivity contribution >= 4 is 0 Å². The van der Waals surface area contributed by atoms with E-state index in [2.05, 4.69) is 41.3 Å². The van der Waals surface area contributed by atoms with Gasteiger partial charge in [0.2, 0.25) is 0 Å². The number of hydrogen-bond acceptors (Lipinski definition) is 2. The van der Waals surface area contributed by atoms with Crippen molar-refractivity contribution in [3.8, 4) is 0 Å². The highest BCUT2D eigenvalue weighted by molar-refractivity contribution is 5.50. The van der Waals surface area contributed by atoms with Gasteiger partial charge in [-0.15, -0.1) is 0 Å². The minimum atomic E-state index is -4.38. The largest absolute Gasteiger partial charge is 0.396 e. The number of benzene rings is 3. The predicted octanol–water partition coefficient (Wildman–Crippen LogP) is 6.05. The maximum Gasteiger partial charge on any atom is 0.396 e. The summed E-state index contributed by atoms with van der Waals surface area (Å²) in [7, 11) is 0. The summed E-state index contributed by atoms with van der Waals surface area (Å²) < 4.78 is 40.8. The summed E-state index contributed by atoms with van der Waals surface area (Å²) in [4.78, 5) is 2.11. The van der Waals surface area contributed by atoms with Crippen LogP contribution < -0.4 is 0 Å². The topological polar surface area (TPSA) is 23.5 Å². The Hall–Kier alpha value is -2.63. The van der Waals surface area contributed by atoms with E-state index in [-0.39, 0.29) is 12.8 Å². The van der Waals surface area contributed by atoms with E-state index in [1.165, 1.54) is 16.7 Å². The van der Waals surface area contributed by atoms with E-state index in [0.717, 1.165) is 6.42 Å². The molecular formula is C28H30F3NO. The lowest BCUT2D eigenvalue weighted by atomic mass is 9.67. The van der Waals surface area contributed by atoms with Gasteiger partial charge in [0.05, 0.1) is 12.0 Å². The zero-order valence-electron chi connectivity index (χ0n) is 18.6. The summed E-state index contributed by atoms with van der Waals surface area (Å²) in [6.07, 6.45) is -3.77. The molecule has 1 saturated heterocycles.